The summed E-state index contributed by atoms with van der Waals surface area (Å²) in [6, 6.07) is 0. The monoisotopic (exact) mass is 173 g/mol. The van der Waals surface area contributed by atoms with Crippen LogP contribution in [0.15, 0.2) is 0 Å². The van der Waals surface area contributed by atoms with E-state index in [1.165, 1.54) is 0 Å². The first-order valence-corrected chi connectivity index (χ1v) is 5.08. The summed E-state index contributed by atoms with van der Waals surface area (Å²) in [6.07, 6.45) is 0. The third kappa shape index (κ3) is 2.34. The first-order chi connectivity index (χ1) is 4.95. The molecule has 0 aliphatic carbocycles. The summed E-state index contributed by atoms with van der Waals surface area (Å²) in [6.45, 7) is 1.77. The molecule has 0 fully saturated rings. The molecular weight excluding hydrogens is 157 g/mol. The molecule has 0 saturated carbocycles. The van der Waals surface area contributed by atoms with Crippen molar-refractivity contribution in [3.63, 3.8) is 0 Å². The molecule has 0 heterocycles. The summed E-state index contributed by atoms with van der Waals surface area (Å²) in [7, 11) is 5.52. The number of nitrogens with one attached hydrogen (secondary N) is 1. The third-order valence-electron chi connectivity index (χ3n) is 1.43. The van der Waals surface area contributed by atoms with Crippen molar-refractivity contribution in [2.75, 3.05) is 28.2 Å². The van der Waals surface area contributed by atoms with E-state index in [4.69, 9.17) is 5.16 Å². The van der Waals surface area contributed by atoms with Crippen LogP contribution in [0.1, 0.15) is 6.92 Å². The van der Waals surface area contributed by atoms with E-state index in [1.54, 1.807) is 6.92 Å². The van der Waals surface area contributed by atoms with Crippen LogP contribution in [0.5, 0.6) is 0 Å². The predicted octanol–water partition coefficient (Wildman–Crippen LogP) is 1.70. The molecule has 4 heteroatoms. The van der Waals surface area contributed by atoms with Crippen molar-refractivity contribution in [1.82, 2.24) is 9.34 Å². The van der Waals surface area contributed by atoms with E-state index in [1.807, 2.05) is 37.5 Å². The molecule has 64 valence electrons. The summed E-state index contributed by atoms with van der Waals surface area (Å²) >= 11 is 0. The normalized spacial score (nSPS) is 11.5. The van der Waals surface area contributed by atoms with Crippen LogP contribution in [0.3, 0.4) is 0 Å². The van der Waals surface area contributed by atoms with Gasteiger partial charge in [-0.3, -0.25) is 14.5 Å². The van der Waals surface area contributed by atoms with Crippen molar-refractivity contribution in [2.24, 2.45) is 0 Å². The maximum Gasteiger partial charge on any atom is 0.166 e. The Morgan fingerprint density at radius 2 is 1.45 bits per heavy atom. The molecule has 0 aromatic rings. The Hall–Kier alpha value is -0.290. The van der Waals surface area contributed by atoms with E-state index >= 15 is 0 Å². The predicted molar refractivity (Wildman–Crippen MR) is 50.5 cm³/mol. The first-order valence-electron chi connectivity index (χ1n) is 3.39. The largest absolute Gasteiger partial charge is 0.279 e. The SMILES string of the molecule is CC#CP(=N)(N(C)C)N(C)C. The van der Waals surface area contributed by atoms with Gasteiger partial charge >= 0.3 is 0 Å². The summed E-state index contributed by atoms with van der Waals surface area (Å²) in [5.41, 5.74) is 2.94. The molecule has 0 aliphatic rings. The van der Waals surface area contributed by atoms with Gasteiger partial charge in [0.25, 0.3) is 0 Å². The highest BCUT2D eigenvalue weighted by Gasteiger charge is 2.18. The molecule has 0 saturated heterocycles. The summed E-state index contributed by atoms with van der Waals surface area (Å²) in [4.78, 5) is 0. The van der Waals surface area contributed by atoms with Gasteiger partial charge in [-0.2, -0.15) is 0 Å². The quantitative estimate of drug-likeness (QED) is 0.509. The fourth-order valence-corrected chi connectivity index (χ4v) is 2.14. The van der Waals surface area contributed by atoms with Crippen molar-refractivity contribution in [3.05, 3.63) is 0 Å². The van der Waals surface area contributed by atoms with E-state index in [-0.39, 0.29) is 0 Å². The fourth-order valence-electron chi connectivity index (χ4n) is 0.714. The second-order valence-electron chi connectivity index (χ2n) is 2.66. The van der Waals surface area contributed by atoms with Gasteiger partial charge in [-0.15, -0.1) is 0 Å². The number of hydrogen-bond donors (Lipinski definition) is 1. The van der Waals surface area contributed by atoms with Crippen molar-refractivity contribution in [3.8, 4) is 11.6 Å². The van der Waals surface area contributed by atoms with Crippen LogP contribution in [0, 0.1) is 16.7 Å². The second-order valence-corrected chi connectivity index (χ2v) is 5.68. The Kier molecular flexibility index (Phi) is 3.82. The fraction of sp³-hybridized carbons (Fsp3) is 0.714. The van der Waals surface area contributed by atoms with Gasteiger partial charge in [-0.1, -0.05) is 5.92 Å². The van der Waals surface area contributed by atoms with Gasteiger partial charge in [0.15, 0.2) is 7.36 Å². The zero-order valence-corrected chi connectivity index (χ0v) is 8.74. The summed E-state index contributed by atoms with van der Waals surface area (Å²) < 4.78 is 3.76. The lowest BCUT2D eigenvalue weighted by Crippen LogP contribution is -2.19. The second kappa shape index (κ2) is 3.92. The highest BCUT2D eigenvalue weighted by atomic mass is 31.2. The highest BCUT2D eigenvalue weighted by molar-refractivity contribution is 7.65. The van der Waals surface area contributed by atoms with Gasteiger partial charge in [-0.05, 0) is 40.8 Å². The smallest absolute Gasteiger partial charge is 0.166 e. The molecule has 1 N–H and O–H groups in total. The van der Waals surface area contributed by atoms with Gasteiger partial charge in [0.05, 0.1) is 0 Å². The Morgan fingerprint density at radius 3 is 1.55 bits per heavy atom. The van der Waals surface area contributed by atoms with Gasteiger partial charge in [0.1, 0.15) is 0 Å². The molecular formula is C7H16N3P. The van der Waals surface area contributed by atoms with Gasteiger partial charge < -0.3 is 0 Å². The van der Waals surface area contributed by atoms with Gasteiger partial charge in [0, 0.05) is 0 Å². The van der Waals surface area contributed by atoms with E-state index in [0.29, 0.717) is 0 Å². The number of rotatable bonds is 2. The van der Waals surface area contributed by atoms with Crippen LogP contribution in [0.2, 0.25) is 0 Å². The molecule has 0 aromatic carbocycles. The average Bonchev–Trinajstić information content (AvgIpc) is 1.87. The lowest BCUT2D eigenvalue weighted by molar-refractivity contribution is 0.569. The molecule has 0 aliphatic heterocycles. The molecule has 3 nitrogen and oxygen atoms in total. The van der Waals surface area contributed by atoms with Crippen LogP contribution in [0.25, 0.3) is 0 Å². The third-order valence-corrected chi connectivity index (χ3v) is 4.28. The molecule has 11 heavy (non-hydrogen) atoms. The molecule has 0 spiro atoms. The van der Waals surface area contributed by atoms with E-state index in [2.05, 4.69) is 11.6 Å². The molecule has 0 aromatic heterocycles. The zero-order chi connectivity index (χ0) is 9.07. The van der Waals surface area contributed by atoms with Crippen molar-refractivity contribution in [2.45, 2.75) is 6.92 Å². The molecule has 0 rings (SSSR count). The molecule has 0 radical (unpaired) electrons. The maximum atomic E-state index is 8.02. The van der Waals surface area contributed by atoms with Crippen molar-refractivity contribution < 1.29 is 0 Å². The van der Waals surface area contributed by atoms with Crippen LogP contribution >= 0.6 is 7.36 Å². The van der Waals surface area contributed by atoms with Crippen molar-refractivity contribution in [1.29, 1.82) is 5.16 Å². The lowest BCUT2D eigenvalue weighted by Gasteiger charge is -2.29. The average molecular weight is 173 g/mol. The van der Waals surface area contributed by atoms with E-state index in [0.717, 1.165) is 0 Å². The minimum Gasteiger partial charge on any atom is -0.279 e. The Morgan fingerprint density at radius 1 is 1.09 bits per heavy atom. The Balaban J connectivity index is 4.79. The summed E-state index contributed by atoms with van der Waals surface area (Å²) in [5.74, 6) is 2.80. The summed E-state index contributed by atoms with van der Waals surface area (Å²) in [5, 5.41) is 8.02. The topological polar surface area (TPSA) is 30.3 Å². The van der Waals surface area contributed by atoms with Crippen LogP contribution in [0.4, 0.5) is 0 Å². The maximum absolute atomic E-state index is 8.02. The number of hydrogen-bond acceptors (Lipinski definition) is 1. The van der Waals surface area contributed by atoms with Crippen molar-refractivity contribution >= 4 is 7.36 Å². The first kappa shape index (κ1) is 10.7. The Labute approximate surface area is 69.3 Å². The molecule has 0 atom stereocenters. The number of nitrogens with zero attached hydrogens (tertiary/aromatic N) is 2. The van der Waals surface area contributed by atoms with Crippen LogP contribution in [-0.4, -0.2) is 37.5 Å². The van der Waals surface area contributed by atoms with Gasteiger partial charge in [-0.25, -0.2) is 0 Å². The van der Waals surface area contributed by atoms with Crippen LogP contribution in [-0.2, 0) is 0 Å². The highest BCUT2D eigenvalue weighted by Crippen LogP contribution is 2.48. The molecule has 0 unspecified atom stereocenters. The Bertz CT molecular complexity index is 210. The lowest BCUT2D eigenvalue weighted by atomic mass is 10.8. The van der Waals surface area contributed by atoms with E-state index < -0.39 is 7.36 Å². The minimum absolute atomic E-state index is 1.77. The van der Waals surface area contributed by atoms with Gasteiger partial charge in [0.2, 0.25) is 0 Å². The molecule has 0 bridgehead atoms. The minimum atomic E-state index is -2.06. The van der Waals surface area contributed by atoms with Crippen LogP contribution < -0.4 is 0 Å². The zero-order valence-electron chi connectivity index (χ0n) is 7.84. The standard InChI is InChI=1S/C7H16N3P/c1-6-7-11(8,9(2)3)10(4)5/h8H,1-5H3. The molecule has 0 amide bonds. The van der Waals surface area contributed by atoms with E-state index in [9.17, 15) is 0 Å².